The Balaban J connectivity index is 0.00000341. The number of halogens is 1. The molecule has 3 aromatic rings. The van der Waals surface area contributed by atoms with Crippen LogP contribution in [0.4, 0.5) is 0 Å². The van der Waals surface area contributed by atoms with Crippen LogP contribution in [0.2, 0.25) is 0 Å². The maximum absolute atomic E-state index is 12.4. The zero-order valence-corrected chi connectivity index (χ0v) is 20.8. The lowest BCUT2D eigenvalue weighted by Crippen LogP contribution is -2.40. The SMILES string of the molecule is CN=C(NCCC(=O)N(C)Cc1ccccc1)NCCc1c[nH]c2cc(C)ccc12.I. The van der Waals surface area contributed by atoms with E-state index in [-0.39, 0.29) is 29.9 Å². The van der Waals surface area contributed by atoms with Crippen LogP contribution in [0.1, 0.15) is 23.1 Å². The number of aliphatic imine (C=N–C) groups is 1. The van der Waals surface area contributed by atoms with Crippen LogP contribution < -0.4 is 10.6 Å². The fourth-order valence-corrected chi connectivity index (χ4v) is 3.47. The highest BCUT2D eigenvalue weighted by Gasteiger charge is 2.09. The minimum Gasteiger partial charge on any atom is -0.361 e. The summed E-state index contributed by atoms with van der Waals surface area (Å²) in [5.41, 5.74) is 4.84. The number of carbonyl (C=O) groups is 1. The van der Waals surface area contributed by atoms with E-state index in [0.29, 0.717) is 25.5 Å². The van der Waals surface area contributed by atoms with Crippen molar-refractivity contribution in [3.05, 3.63) is 71.4 Å². The average molecular weight is 533 g/mol. The normalized spacial score (nSPS) is 11.1. The molecule has 0 aliphatic heterocycles. The molecular formula is C24H32IN5O. The van der Waals surface area contributed by atoms with Gasteiger partial charge in [-0.15, -0.1) is 24.0 Å². The monoisotopic (exact) mass is 533 g/mol. The third-order valence-electron chi connectivity index (χ3n) is 5.15. The molecule has 0 atom stereocenters. The number of nitrogens with one attached hydrogen (secondary N) is 3. The lowest BCUT2D eigenvalue weighted by Gasteiger charge is -2.18. The summed E-state index contributed by atoms with van der Waals surface area (Å²) in [5, 5.41) is 7.82. The predicted octanol–water partition coefficient (Wildman–Crippen LogP) is 3.85. The highest BCUT2D eigenvalue weighted by atomic mass is 127. The van der Waals surface area contributed by atoms with E-state index < -0.39 is 0 Å². The maximum atomic E-state index is 12.4. The van der Waals surface area contributed by atoms with Crippen LogP contribution in [-0.2, 0) is 17.8 Å². The Bertz CT molecular complexity index is 1000. The van der Waals surface area contributed by atoms with E-state index in [0.717, 1.165) is 18.5 Å². The molecule has 31 heavy (non-hydrogen) atoms. The van der Waals surface area contributed by atoms with Crippen LogP contribution in [0.5, 0.6) is 0 Å². The summed E-state index contributed by atoms with van der Waals surface area (Å²) < 4.78 is 0. The summed E-state index contributed by atoms with van der Waals surface area (Å²) >= 11 is 0. The largest absolute Gasteiger partial charge is 0.361 e. The Morgan fingerprint density at radius 2 is 1.84 bits per heavy atom. The van der Waals surface area contributed by atoms with E-state index in [2.05, 4.69) is 51.9 Å². The molecule has 3 N–H and O–H groups in total. The van der Waals surface area contributed by atoms with Crippen LogP contribution in [0.25, 0.3) is 10.9 Å². The van der Waals surface area contributed by atoms with E-state index in [1.165, 1.54) is 22.0 Å². The molecule has 1 amide bonds. The van der Waals surface area contributed by atoms with Gasteiger partial charge in [0.2, 0.25) is 5.91 Å². The molecule has 2 aromatic carbocycles. The van der Waals surface area contributed by atoms with Crippen molar-refractivity contribution in [2.75, 3.05) is 27.2 Å². The Morgan fingerprint density at radius 1 is 1.10 bits per heavy atom. The molecule has 0 unspecified atom stereocenters. The molecule has 0 bridgehead atoms. The molecule has 3 rings (SSSR count). The van der Waals surface area contributed by atoms with Crippen molar-refractivity contribution in [2.24, 2.45) is 4.99 Å². The molecule has 1 heterocycles. The number of aromatic nitrogens is 1. The van der Waals surface area contributed by atoms with Gasteiger partial charge in [0, 0.05) is 57.3 Å². The van der Waals surface area contributed by atoms with Gasteiger partial charge < -0.3 is 20.5 Å². The van der Waals surface area contributed by atoms with Gasteiger partial charge in [-0.2, -0.15) is 0 Å². The molecule has 0 fully saturated rings. The molecule has 166 valence electrons. The van der Waals surface area contributed by atoms with Crippen LogP contribution in [-0.4, -0.2) is 48.9 Å². The van der Waals surface area contributed by atoms with E-state index in [1.807, 2.05) is 37.4 Å². The van der Waals surface area contributed by atoms with Crippen LogP contribution >= 0.6 is 24.0 Å². The number of benzene rings is 2. The van der Waals surface area contributed by atoms with Gasteiger partial charge in [-0.1, -0.05) is 42.5 Å². The first kappa shape index (κ1) is 24.7. The third-order valence-corrected chi connectivity index (χ3v) is 5.15. The van der Waals surface area contributed by atoms with E-state index in [9.17, 15) is 4.79 Å². The number of rotatable bonds is 8. The number of aryl methyl sites for hydroxylation is 1. The molecule has 0 aliphatic rings. The second kappa shape index (κ2) is 12.3. The number of amides is 1. The van der Waals surface area contributed by atoms with Crippen LogP contribution in [0, 0.1) is 6.92 Å². The highest BCUT2D eigenvalue weighted by Crippen LogP contribution is 2.19. The van der Waals surface area contributed by atoms with Crippen LogP contribution in [0.3, 0.4) is 0 Å². The summed E-state index contributed by atoms with van der Waals surface area (Å²) in [7, 11) is 3.58. The standard InChI is InChI=1S/C24H31N5O.HI/c1-18-9-10-21-20(16-28-22(21)15-18)11-13-26-24(25-2)27-14-12-23(30)29(3)17-19-7-5-4-6-8-19;/h4-10,15-16,28H,11-14,17H2,1-3H3,(H2,25,26,27);1H. The van der Waals surface area contributed by atoms with Gasteiger partial charge in [-0.3, -0.25) is 9.79 Å². The van der Waals surface area contributed by atoms with Crippen molar-refractivity contribution in [3.63, 3.8) is 0 Å². The highest BCUT2D eigenvalue weighted by molar-refractivity contribution is 14.0. The van der Waals surface area contributed by atoms with Gasteiger partial charge in [-0.05, 0) is 36.1 Å². The fourth-order valence-electron chi connectivity index (χ4n) is 3.47. The van der Waals surface area contributed by atoms with Crippen molar-refractivity contribution in [1.29, 1.82) is 0 Å². The smallest absolute Gasteiger partial charge is 0.224 e. The van der Waals surface area contributed by atoms with Gasteiger partial charge in [0.25, 0.3) is 0 Å². The minimum absolute atomic E-state index is 0. The first-order valence-electron chi connectivity index (χ1n) is 10.4. The topological polar surface area (TPSA) is 72.5 Å². The van der Waals surface area contributed by atoms with Gasteiger partial charge in [0.1, 0.15) is 0 Å². The van der Waals surface area contributed by atoms with Gasteiger partial charge in [0.05, 0.1) is 0 Å². The first-order chi connectivity index (χ1) is 14.6. The number of H-pyrrole nitrogens is 1. The Hall–Kier alpha value is -2.55. The van der Waals surface area contributed by atoms with Crippen molar-refractivity contribution in [3.8, 4) is 0 Å². The fraction of sp³-hybridized carbons (Fsp3) is 0.333. The van der Waals surface area contributed by atoms with E-state index >= 15 is 0 Å². The summed E-state index contributed by atoms with van der Waals surface area (Å²) in [6, 6.07) is 16.5. The Morgan fingerprint density at radius 3 is 2.58 bits per heavy atom. The number of hydrogen-bond acceptors (Lipinski definition) is 2. The summed E-state index contributed by atoms with van der Waals surface area (Å²) in [4.78, 5) is 21.7. The molecule has 0 saturated carbocycles. The van der Waals surface area contributed by atoms with Crippen molar-refractivity contribution in [1.82, 2.24) is 20.5 Å². The number of nitrogens with zero attached hydrogens (tertiary/aromatic N) is 2. The zero-order valence-electron chi connectivity index (χ0n) is 18.4. The summed E-state index contributed by atoms with van der Waals surface area (Å²) in [5.74, 6) is 0.820. The number of carbonyl (C=O) groups excluding carboxylic acids is 1. The molecule has 0 saturated heterocycles. The van der Waals surface area contributed by atoms with Gasteiger partial charge >= 0.3 is 0 Å². The quantitative estimate of drug-likeness (QED) is 0.234. The molecule has 1 aromatic heterocycles. The number of hydrogen-bond donors (Lipinski definition) is 3. The minimum atomic E-state index is 0. The second-order valence-electron chi connectivity index (χ2n) is 7.52. The predicted molar refractivity (Wildman–Crippen MR) is 139 cm³/mol. The van der Waals surface area contributed by atoms with Crippen LogP contribution in [0.15, 0.2) is 59.7 Å². The molecule has 0 radical (unpaired) electrons. The first-order valence-corrected chi connectivity index (χ1v) is 10.4. The van der Waals surface area contributed by atoms with Crippen molar-refractivity contribution >= 4 is 46.7 Å². The number of fused-ring (bicyclic) bond motifs is 1. The average Bonchev–Trinajstić information content (AvgIpc) is 3.15. The number of aromatic amines is 1. The maximum Gasteiger partial charge on any atom is 0.224 e. The van der Waals surface area contributed by atoms with E-state index in [4.69, 9.17) is 0 Å². The lowest BCUT2D eigenvalue weighted by atomic mass is 10.1. The van der Waals surface area contributed by atoms with E-state index in [1.54, 1.807) is 11.9 Å². The van der Waals surface area contributed by atoms with Crippen molar-refractivity contribution in [2.45, 2.75) is 26.3 Å². The third kappa shape index (κ3) is 7.27. The molecule has 0 aliphatic carbocycles. The summed E-state index contributed by atoms with van der Waals surface area (Å²) in [6.07, 6.45) is 3.39. The van der Waals surface area contributed by atoms with Gasteiger partial charge in [-0.25, -0.2) is 0 Å². The zero-order chi connectivity index (χ0) is 21.3. The molecule has 0 spiro atoms. The Labute approximate surface area is 201 Å². The van der Waals surface area contributed by atoms with Crippen molar-refractivity contribution < 1.29 is 4.79 Å². The molecular weight excluding hydrogens is 501 g/mol. The summed E-state index contributed by atoms with van der Waals surface area (Å²) in [6.45, 7) is 4.03. The Kier molecular flexibility index (Phi) is 9.84. The van der Waals surface area contributed by atoms with Gasteiger partial charge in [0.15, 0.2) is 5.96 Å². The number of guanidine groups is 1. The second-order valence-corrected chi connectivity index (χ2v) is 7.52. The molecule has 6 nitrogen and oxygen atoms in total. The lowest BCUT2D eigenvalue weighted by molar-refractivity contribution is -0.130. The molecule has 7 heteroatoms.